The fraction of sp³-hybridized carbons (Fsp3) is 0.556. The summed E-state index contributed by atoms with van der Waals surface area (Å²) in [6.07, 6.45) is 10.1. The third-order valence-corrected chi connectivity index (χ3v) is 4.68. The molecule has 2 heterocycles. The van der Waals surface area contributed by atoms with Crippen LogP contribution in [0.4, 0.5) is 0 Å². The number of nitrogens with zero attached hydrogens (tertiary/aromatic N) is 1. The average Bonchev–Trinajstić information content (AvgIpc) is 3.03. The van der Waals surface area contributed by atoms with Gasteiger partial charge < -0.3 is 5.32 Å². The summed E-state index contributed by atoms with van der Waals surface area (Å²) in [6, 6.07) is 11.4. The first-order valence-electron chi connectivity index (χ1n) is 8.09. The van der Waals surface area contributed by atoms with Crippen molar-refractivity contribution in [1.82, 2.24) is 10.2 Å². The van der Waals surface area contributed by atoms with E-state index in [1.165, 1.54) is 50.9 Å². The van der Waals surface area contributed by atoms with Crippen molar-refractivity contribution in [2.75, 3.05) is 26.2 Å². The van der Waals surface area contributed by atoms with Gasteiger partial charge in [-0.15, -0.1) is 0 Å². The molecule has 2 fully saturated rings. The van der Waals surface area contributed by atoms with E-state index in [1.807, 2.05) is 0 Å². The third-order valence-electron chi connectivity index (χ3n) is 4.68. The van der Waals surface area contributed by atoms with Crippen molar-refractivity contribution in [3.8, 4) is 0 Å². The highest BCUT2D eigenvalue weighted by Crippen LogP contribution is 2.24. The quantitative estimate of drug-likeness (QED) is 0.904. The molecule has 2 heteroatoms. The van der Waals surface area contributed by atoms with Crippen molar-refractivity contribution in [3.05, 3.63) is 42.0 Å². The molecule has 2 aliphatic rings. The van der Waals surface area contributed by atoms with Gasteiger partial charge in [0.05, 0.1) is 0 Å². The molecule has 0 spiro atoms. The Bertz CT molecular complexity index is 420. The van der Waals surface area contributed by atoms with E-state index in [0.717, 1.165) is 18.5 Å². The van der Waals surface area contributed by atoms with E-state index in [1.54, 1.807) is 0 Å². The molecule has 1 aromatic rings. The molecule has 2 nitrogen and oxygen atoms in total. The van der Waals surface area contributed by atoms with Crippen molar-refractivity contribution in [2.45, 2.75) is 31.7 Å². The summed E-state index contributed by atoms with van der Waals surface area (Å²) < 4.78 is 0. The monoisotopic (exact) mass is 270 g/mol. The van der Waals surface area contributed by atoms with Crippen LogP contribution >= 0.6 is 0 Å². The molecule has 20 heavy (non-hydrogen) atoms. The first kappa shape index (κ1) is 13.8. The van der Waals surface area contributed by atoms with Crippen LogP contribution in [0.5, 0.6) is 0 Å². The average molecular weight is 270 g/mol. The van der Waals surface area contributed by atoms with Gasteiger partial charge in [-0.2, -0.15) is 0 Å². The molecular formula is C18H26N2. The second-order valence-electron chi connectivity index (χ2n) is 6.18. The lowest BCUT2D eigenvalue weighted by Crippen LogP contribution is -2.43. The van der Waals surface area contributed by atoms with Crippen LogP contribution in [-0.4, -0.2) is 37.1 Å². The molecule has 0 saturated carbocycles. The number of piperidine rings is 1. The van der Waals surface area contributed by atoms with Crippen LogP contribution in [0.15, 0.2) is 36.4 Å². The van der Waals surface area contributed by atoms with Crippen LogP contribution in [-0.2, 0) is 0 Å². The summed E-state index contributed by atoms with van der Waals surface area (Å²) in [4.78, 5) is 2.62. The van der Waals surface area contributed by atoms with E-state index in [-0.39, 0.29) is 0 Å². The lowest BCUT2D eigenvalue weighted by molar-refractivity contribution is 0.165. The van der Waals surface area contributed by atoms with E-state index in [4.69, 9.17) is 0 Å². The summed E-state index contributed by atoms with van der Waals surface area (Å²) in [6.45, 7) is 4.87. The molecule has 2 aliphatic heterocycles. The second-order valence-corrected chi connectivity index (χ2v) is 6.18. The van der Waals surface area contributed by atoms with Gasteiger partial charge in [-0.1, -0.05) is 42.5 Å². The number of hydrogen-bond acceptors (Lipinski definition) is 2. The number of hydrogen-bond donors (Lipinski definition) is 1. The van der Waals surface area contributed by atoms with Crippen LogP contribution in [0, 0.1) is 5.92 Å². The molecule has 2 atom stereocenters. The first-order chi connectivity index (χ1) is 9.92. The lowest BCUT2D eigenvalue weighted by Gasteiger charge is -2.35. The van der Waals surface area contributed by atoms with Crippen molar-refractivity contribution in [3.63, 3.8) is 0 Å². The van der Waals surface area contributed by atoms with Gasteiger partial charge >= 0.3 is 0 Å². The van der Waals surface area contributed by atoms with Crippen molar-refractivity contribution >= 4 is 6.08 Å². The molecule has 0 aliphatic carbocycles. The Balaban J connectivity index is 1.49. The van der Waals surface area contributed by atoms with Crippen molar-refractivity contribution in [2.24, 2.45) is 5.92 Å². The molecule has 0 aromatic heterocycles. The van der Waals surface area contributed by atoms with Gasteiger partial charge in [-0.05, 0) is 50.3 Å². The summed E-state index contributed by atoms with van der Waals surface area (Å²) in [5, 5.41) is 3.68. The van der Waals surface area contributed by atoms with Crippen molar-refractivity contribution < 1.29 is 0 Å². The summed E-state index contributed by atoms with van der Waals surface area (Å²) >= 11 is 0. The van der Waals surface area contributed by atoms with E-state index < -0.39 is 0 Å². The smallest absolute Gasteiger partial charge is 0.0166 e. The zero-order valence-corrected chi connectivity index (χ0v) is 12.3. The zero-order chi connectivity index (χ0) is 13.6. The standard InChI is InChI=1S/C18H26N2/c1-2-7-16(8-3-1)9-5-13-20-14-6-10-17(15-20)18-11-4-12-19-18/h1-3,5,7-9,17-19H,4,6,10-15H2/b9-5+. The largest absolute Gasteiger partial charge is 0.314 e. The highest BCUT2D eigenvalue weighted by molar-refractivity contribution is 5.48. The fourth-order valence-electron chi connectivity index (χ4n) is 3.60. The van der Waals surface area contributed by atoms with Gasteiger partial charge in [0.2, 0.25) is 0 Å². The number of rotatable bonds is 4. The molecule has 1 N–H and O–H groups in total. The molecule has 2 saturated heterocycles. The SMILES string of the molecule is C(=C\c1ccccc1)/CN1CCCC(C2CCCN2)C1. The van der Waals surface area contributed by atoms with Crippen LogP contribution in [0.25, 0.3) is 6.08 Å². The predicted molar refractivity (Wildman–Crippen MR) is 85.7 cm³/mol. The summed E-state index contributed by atoms with van der Waals surface area (Å²) in [7, 11) is 0. The number of benzene rings is 1. The Hall–Kier alpha value is -1.12. The molecule has 0 amide bonds. The lowest BCUT2D eigenvalue weighted by atomic mass is 9.90. The summed E-state index contributed by atoms with van der Waals surface area (Å²) in [5.74, 6) is 0.872. The highest BCUT2D eigenvalue weighted by atomic mass is 15.1. The maximum absolute atomic E-state index is 3.68. The van der Waals surface area contributed by atoms with Crippen LogP contribution < -0.4 is 5.32 Å². The maximum atomic E-state index is 3.68. The first-order valence-corrected chi connectivity index (χ1v) is 8.09. The third kappa shape index (κ3) is 3.71. The predicted octanol–water partition coefficient (Wildman–Crippen LogP) is 3.16. The van der Waals surface area contributed by atoms with E-state index in [0.29, 0.717) is 0 Å². The van der Waals surface area contributed by atoms with Crippen LogP contribution in [0.1, 0.15) is 31.2 Å². The summed E-state index contributed by atoms with van der Waals surface area (Å²) in [5.41, 5.74) is 1.30. The van der Waals surface area contributed by atoms with E-state index in [2.05, 4.69) is 52.7 Å². The molecule has 2 unspecified atom stereocenters. The van der Waals surface area contributed by atoms with Crippen LogP contribution in [0.2, 0.25) is 0 Å². The van der Waals surface area contributed by atoms with Gasteiger partial charge in [-0.25, -0.2) is 0 Å². The van der Waals surface area contributed by atoms with Crippen molar-refractivity contribution in [1.29, 1.82) is 0 Å². The molecule has 0 bridgehead atoms. The molecule has 108 valence electrons. The molecular weight excluding hydrogens is 244 g/mol. The van der Waals surface area contributed by atoms with Gasteiger partial charge in [0.15, 0.2) is 0 Å². The van der Waals surface area contributed by atoms with Crippen LogP contribution in [0.3, 0.4) is 0 Å². The highest BCUT2D eigenvalue weighted by Gasteiger charge is 2.28. The Morgan fingerprint density at radius 2 is 2.05 bits per heavy atom. The minimum Gasteiger partial charge on any atom is -0.314 e. The van der Waals surface area contributed by atoms with E-state index in [9.17, 15) is 0 Å². The number of nitrogens with one attached hydrogen (secondary N) is 1. The topological polar surface area (TPSA) is 15.3 Å². The zero-order valence-electron chi connectivity index (χ0n) is 12.3. The van der Waals surface area contributed by atoms with Gasteiger partial charge in [-0.3, -0.25) is 4.90 Å². The minimum atomic E-state index is 0.788. The molecule has 0 radical (unpaired) electrons. The normalized spacial score (nSPS) is 28.2. The van der Waals surface area contributed by atoms with Gasteiger partial charge in [0, 0.05) is 19.1 Å². The second kappa shape index (κ2) is 7.05. The molecule has 1 aromatic carbocycles. The van der Waals surface area contributed by atoms with Gasteiger partial charge in [0.1, 0.15) is 0 Å². The van der Waals surface area contributed by atoms with E-state index >= 15 is 0 Å². The Labute approximate surface area is 122 Å². The maximum Gasteiger partial charge on any atom is 0.0166 e. The fourth-order valence-corrected chi connectivity index (χ4v) is 3.60. The minimum absolute atomic E-state index is 0.788. The van der Waals surface area contributed by atoms with Gasteiger partial charge in [0.25, 0.3) is 0 Å². The Morgan fingerprint density at radius 3 is 2.85 bits per heavy atom. The Kier molecular flexibility index (Phi) is 4.88. The Morgan fingerprint density at radius 1 is 1.15 bits per heavy atom. The molecule has 3 rings (SSSR count). The number of likely N-dealkylation sites (tertiary alicyclic amines) is 1.